The molecule has 0 fully saturated rings. The predicted octanol–water partition coefficient (Wildman–Crippen LogP) is 3.34. The van der Waals surface area contributed by atoms with Crippen molar-refractivity contribution in [3.05, 3.63) is 42.0 Å². The molecule has 0 N–H and O–H groups in total. The van der Waals surface area contributed by atoms with Crippen molar-refractivity contribution in [1.82, 2.24) is 14.8 Å². The van der Waals surface area contributed by atoms with Gasteiger partial charge in [-0.15, -0.1) is 11.6 Å². The third-order valence-corrected chi connectivity index (χ3v) is 3.96. The summed E-state index contributed by atoms with van der Waals surface area (Å²) < 4.78 is 7.39. The van der Waals surface area contributed by atoms with Gasteiger partial charge in [0, 0.05) is 18.8 Å². The van der Waals surface area contributed by atoms with Crippen LogP contribution >= 0.6 is 11.6 Å². The average Bonchev–Trinajstić information content (AvgIpc) is 2.94. The van der Waals surface area contributed by atoms with E-state index >= 15 is 0 Å². The summed E-state index contributed by atoms with van der Waals surface area (Å²) in [5.74, 6) is 2.85. The van der Waals surface area contributed by atoms with E-state index in [0.29, 0.717) is 11.8 Å². The van der Waals surface area contributed by atoms with Gasteiger partial charge in [-0.3, -0.25) is 4.68 Å². The van der Waals surface area contributed by atoms with Crippen molar-refractivity contribution in [1.29, 1.82) is 0 Å². The van der Waals surface area contributed by atoms with E-state index in [9.17, 15) is 0 Å². The Bertz CT molecular complexity index is 556. The van der Waals surface area contributed by atoms with Gasteiger partial charge in [-0.05, 0) is 30.4 Å². The molecule has 1 aromatic carbocycles. The predicted molar refractivity (Wildman–Crippen MR) is 84.9 cm³/mol. The van der Waals surface area contributed by atoms with E-state index in [4.69, 9.17) is 16.3 Å². The van der Waals surface area contributed by atoms with E-state index < -0.39 is 0 Å². The molecule has 0 radical (unpaired) electrons. The molecule has 1 heterocycles. The number of hydrogen-bond donors (Lipinski definition) is 0. The van der Waals surface area contributed by atoms with Crippen LogP contribution in [-0.2, 0) is 19.4 Å². The third kappa shape index (κ3) is 4.21. The number of ether oxygens (including phenoxy) is 1. The molecule has 0 saturated carbocycles. The molecule has 4 nitrogen and oxygen atoms in total. The summed E-state index contributed by atoms with van der Waals surface area (Å²) in [4.78, 5) is 4.37. The maximum absolute atomic E-state index is 6.16. The Labute approximate surface area is 131 Å². The SMILES string of the molecule is CCCn1ncnc1CC(CCl)Cc1ccccc1OC. The van der Waals surface area contributed by atoms with Crippen molar-refractivity contribution in [3.63, 3.8) is 0 Å². The van der Waals surface area contributed by atoms with Crippen LogP contribution < -0.4 is 4.74 Å². The number of aryl methyl sites for hydroxylation is 1. The molecule has 0 aliphatic carbocycles. The van der Waals surface area contributed by atoms with Crippen LogP contribution in [0.1, 0.15) is 24.7 Å². The summed E-state index contributed by atoms with van der Waals surface area (Å²) in [6.45, 7) is 3.04. The molecule has 114 valence electrons. The second kappa shape index (κ2) is 8.03. The monoisotopic (exact) mass is 307 g/mol. The minimum atomic E-state index is 0.322. The van der Waals surface area contributed by atoms with Crippen molar-refractivity contribution in [2.45, 2.75) is 32.7 Å². The number of rotatable bonds is 8. The standard InChI is InChI=1S/C16H22ClN3O/c1-3-8-20-16(18-12-19-20)10-13(11-17)9-14-6-4-5-7-15(14)21-2/h4-7,12-13H,3,8-11H2,1-2H3. The van der Waals surface area contributed by atoms with E-state index in [-0.39, 0.29) is 0 Å². The van der Waals surface area contributed by atoms with E-state index in [1.54, 1.807) is 13.4 Å². The smallest absolute Gasteiger partial charge is 0.138 e. The maximum atomic E-state index is 6.16. The molecular weight excluding hydrogens is 286 g/mol. The van der Waals surface area contributed by atoms with E-state index in [2.05, 4.69) is 23.1 Å². The number of alkyl halides is 1. The zero-order valence-electron chi connectivity index (χ0n) is 12.6. The number of methoxy groups -OCH3 is 1. The number of hydrogen-bond acceptors (Lipinski definition) is 3. The third-order valence-electron chi connectivity index (χ3n) is 3.52. The van der Waals surface area contributed by atoms with Crippen LogP contribution in [0.5, 0.6) is 5.75 Å². The lowest BCUT2D eigenvalue weighted by Crippen LogP contribution is -2.15. The van der Waals surface area contributed by atoms with Gasteiger partial charge in [0.2, 0.25) is 0 Å². The first-order valence-corrected chi connectivity index (χ1v) is 7.86. The molecule has 2 rings (SSSR count). The van der Waals surface area contributed by atoms with Gasteiger partial charge in [0.15, 0.2) is 0 Å². The number of nitrogens with zero attached hydrogens (tertiary/aromatic N) is 3. The van der Waals surface area contributed by atoms with Crippen LogP contribution in [0.2, 0.25) is 0 Å². The molecule has 0 amide bonds. The van der Waals surface area contributed by atoms with Gasteiger partial charge in [0.25, 0.3) is 0 Å². The second-order valence-electron chi connectivity index (χ2n) is 5.14. The number of benzene rings is 1. The zero-order valence-corrected chi connectivity index (χ0v) is 13.4. The van der Waals surface area contributed by atoms with Crippen molar-refractivity contribution in [2.24, 2.45) is 5.92 Å². The van der Waals surface area contributed by atoms with Gasteiger partial charge in [-0.2, -0.15) is 5.10 Å². The number of halogens is 1. The van der Waals surface area contributed by atoms with Crippen LogP contribution in [-0.4, -0.2) is 27.8 Å². The average molecular weight is 308 g/mol. The maximum Gasteiger partial charge on any atom is 0.138 e. The Morgan fingerprint density at radius 3 is 2.81 bits per heavy atom. The van der Waals surface area contributed by atoms with Crippen LogP contribution in [0.3, 0.4) is 0 Å². The Kier molecular flexibility index (Phi) is 6.05. The molecule has 5 heteroatoms. The van der Waals surface area contributed by atoms with Gasteiger partial charge >= 0.3 is 0 Å². The quantitative estimate of drug-likeness (QED) is 0.702. The van der Waals surface area contributed by atoms with Crippen LogP contribution in [0.4, 0.5) is 0 Å². The molecule has 1 aromatic heterocycles. The van der Waals surface area contributed by atoms with Gasteiger partial charge in [-0.25, -0.2) is 4.98 Å². The van der Waals surface area contributed by atoms with Crippen molar-refractivity contribution >= 4 is 11.6 Å². The fourth-order valence-corrected chi connectivity index (χ4v) is 2.69. The first-order valence-electron chi connectivity index (χ1n) is 7.33. The largest absolute Gasteiger partial charge is 0.496 e. The molecule has 0 bridgehead atoms. The highest BCUT2D eigenvalue weighted by molar-refractivity contribution is 6.18. The molecule has 1 unspecified atom stereocenters. The summed E-state index contributed by atoms with van der Waals surface area (Å²) in [5, 5.41) is 4.27. The Hall–Kier alpha value is -1.55. The molecule has 1 atom stereocenters. The summed E-state index contributed by atoms with van der Waals surface area (Å²) >= 11 is 6.16. The van der Waals surface area contributed by atoms with Crippen LogP contribution in [0.15, 0.2) is 30.6 Å². The lowest BCUT2D eigenvalue weighted by atomic mass is 9.97. The van der Waals surface area contributed by atoms with Gasteiger partial charge < -0.3 is 4.74 Å². The summed E-state index contributed by atoms with van der Waals surface area (Å²) in [6.07, 6.45) is 4.39. The van der Waals surface area contributed by atoms with E-state index in [1.807, 2.05) is 22.9 Å². The summed E-state index contributed by atoms with van der Waals surface area (Å²) in [7, 11) is 1.70. The van der Waals surface area contributed by atoms with E-state index in [0.717, 1.165) is 37.4 Å². The van der Waals surface area contributed by atoms with Gasteiger partial charge in [-0.1, -0.05) is 25.1 Å². The molecule has 21 heavy (non-hydrogen) atoms. The highest BCUT2D eigenvalue weighted by Crippen LogP contribution is 2.23. The molecule has 0 saturated heterocycles. The second-order valence-corrected chi connectivity index (χ2v) is 5.45. The fraction of sp³-hybridized carbons (Fsp3) is 0.500. The molecule has 0 aliphatic rings. The number of para-hydroxylation sites is 1. The normalized spacial score (nSPS) is 12.3. The molecule has 0 aliphatic heterocycles. The molecular formula is C16H22ClN3O. The Morgan fingerprint density at radius 1 is 1.29 bits per heavy atom. The molecule has 0 spiro atoms. The Balaban J connectivity index is 2.08. The molecule has 2 aromatic rings. The van der Waals surface area contributed by atoms with E-state index in [1.165, 1.54) is 5.56 Å². The highest BCUT2D eigenvalue weighted by Gasteiger charge is 2.15. The lowest BCUT2D eigenvalue weighted by molar-refractivity contribution is 0.404. The van der Waals surface area contributed by atoms with Crippen LogP contribution in [0, 0.1) is 5.92 Å². The highest BCUT2D eigenvalue weighted by atomic mass is 35.5. The van der Waals surface area contributed by atoms with Crippen molar-refractivity contribution in [3.8, 4) is 5.75 Å². The number of aromatic nitrogens is 3. The van der Waals surface area contributed by atoms with Crippen molar-refractivity contribution in [2.75, 3.05) is 13.0 Å². The first-order chi connectivity index (χ1) is 10.3. The van der Waals surface area contributed by atoms with Gasteiger partial charge in [0.05, 0.1) is 7.11 Å². The fourth-order valence-electron chi connectivity index (χ4n) is 2.47. The minimum Gasteiger partial charge on any atom is -0.496 e. The first kappa shape index (κ1) is 15.8. The van der Waals surface area contributed by atoms with Crippen molar-refractivity contribution < 1.29 is 4.74 Å². The topological polar surface area (TPSA) is 39.9 Å². The summed E-state index contributed by atoms with van der Waals surface area (Å²) in [6, 6.07) is 8.09. The Morgan fingerprint density at radius 2 is 2.10 bits per heavy atom. The minimum absolute atomic E-state index is 0.322. The van der Waals surface area contributed by atoms with Gasteiger partial charge in [0.1, 0.15) is 17.9 Å². The lowest BCUT2D eigenvalue weighted by Gasteiger charge is -2.16. The summed E-state index contributed by atoms with van der Waals surface area (Å²) in [5.41, 5.74) is 1.19. The zero-order chi connectivity index (χ0) is 15.1. The van der Waals surface area contributed by atoms with Crippen LogP contribution in [0.25, 0.3) is 0 Å².